The molecule has 1 atom stereocenters. The van der Waals surface area contributed by atoms with Crippen LogP contribution in [0.1, 0.15) is 13.3 Å². The molecule has 1 aliphatic rings. The maximum atomic E-state index is 12.9. The van der Waals surface area contributed by atoms with Crippen molar-refractivity contribution >= 4 is 27.0 Å². The fourth-order valence-electron chi connectivity index (χ4n) is 3.13. The molecule has 2 aromatic rings. The largest absolute Gasteiger partial charge is 0.343 e. The molecule has 1 fully saturated rings. The Balaban J connectivity index is 1.85. The predicted octanol–water partition coefficient (Wildman–Crippen LogP) is 0.457. The van der Waals surface area contributed by atoms with Gasteiger partial charge in [-0.15, -0.1) is 0 Å². The van der Waals surface area contributed by atoms with Crippen LogP contribution in [0.4, 0.5) is 0 Å². The fourth-order valence-corrected chi connectivity index (χ4v) is 4.52. The van der Waals surface area contributed by atoms with Crippen LogP contribution < -0.4 is 0 Å². The van der Waals surface area contributed by atoms with Crippen molar-refractivity contribution in [3.05, 3.63) is 18.2 Å². The Kier molecular flexibility index (Phi) is 4.31. The van der Waals surface area contributed by atoms with Crippen LogP contribution in [-0.2, 0) is 21.9 Å². The highest BCUT2D eigenvalue weighted by Crippen LogP contribution is 2.25. The minimum absolute atomic E-state index is 0.0123. The molecule has 3 rings (SSSR count). The van der Waals surface area contributed by atoms with Crippen molar-refractivity contribution in [1.82, 2.24) is 24.2 Å². The Morgan fingerprint density at radius 2 is 2.08 bits per heavy atom. The lowest BCUT2D eigenvalue weighted by Crippen LogP contribution is -2.33. The van der Waals surface area contributed by atoms with E-state index in [1.165, 1.54) is 9.10 Å². The lowest BCUT2D eigenvalue weighted by Gasteiger charge is -2.21. The van der Waals surface area contributed by atoms with Gasteiger partial charge in [0.15, 0.2) is 0 Å². The molecule has 1 aliphatic heterocycles. The summed E-state index contributed by atoms with van der Waals surface area (Å²) in [5, 5.41) is 8.32. The first kappa shape index (κ1) is 16.8. The van der Waals surface area contributed by atoms with E-state index in [1.807, 2.05) is 6.92 Å². The van der Waals surface area contributed by atoms with Gasteiger partial charge in [-0.25, -0.2) is 12.7 Å². The predicted molar refractivity (Wildman–Crippen MR) is 88.7 cm³/mol. The number of amides is 1. The van der Waals surface area contributed by atoms with Gasteiger partial charge in [-0.05, 0) is 25.0 Å². The fraction of sp³-hybridized carbons (Fsp3) is 0.533. The first-order valence-corrected chi connectivity index (χ1v) is 9.31. The summed E-state index contributed by atoms with van der Waals surface area (Å²) in [7, 11) is -0.492. The molecule has 0 radical (unpaired) electrons. The Bertz CT molecular complexity index is 876. The van der Waals surface area contributed by atoms with Crippen LogP contribution in [0.25, 0.3) is 11.0 Å². The molecule has 9 heteroatoms. The number of rotatable bonds is 5. The summed E-state index contributed by atoms with van der Waals surface area (Å²) in [5.74, 6) is 0.0996. The van der Waals surface area contributed by atoms with Gasteiger partial charge in [-0.3, -0.25) is 4.79 Å². The van der Waals surface area contributed by atoms with Gasteiger partial charge in [-0.2, -0.15) is 15.0 Å². The normalized spacial score (nSPS) is 18.9. The van der Waals surface area contributed by atoms with E-state index in [0.717, 1.165) is 0 Å². The van der Waals surface area contributed by atoms with E-state index in [2.05, 4.69) is 10.2 Å². The molecule has 130 valence electrons. The van der Waals surface area contributed by atoms with Crippen LogP contribution in [0.15, 0.2) is 23.1 Å². The van der Waals surface area contributed by atoms with Crippen molar-refractivity contribution in [2.45, 2.75) is 18.2 Å². The molecule has 1 unspecified atom stereocenters. The zero-order valence-electron chi connectivity index (χ0n) is 14.0. The monoisotopic (exact) mass is 351 g/mol. The van der Waals surface area contributed by atoms with Gasteiger partial charge in [0.2, 0.25) is 15.9 Å². The summed E-state index contributed by atoms with van der Waals surface area (Å²) in [6.45, 7) is 3.49. The van der Waals surface area contributed by atoms with E-state index in [-0.39, 0.29) is 16.7 Å². The summed E-state index contributed by atoms with van der Waals surface area (Å²) < 4.78 is 27.2. The standard InChI is InChI=1S/C15H21N5O3S/c1-4-20-10-11(8-14(20)21)9-18(2)24(22,23)13-7-5-6-12-15(13)17-19(3)16-12/h5-7,11H,4,8-10H2,1-3H3. The van der Waals surface area contributed by atoms with E-state index in [4.69, 9.17) is 0 Å². The zero-order valence-corrected chi connectivity index (χ0v) is 14.8. The molecule has 0 N–H and O–H groups in total. The molecule has 1 amide bonds. The van der Waals surface area contributed by atoms with Crippen molar-refractivity contribution in [1.29, 1.82) is 0 Å². The maximum Gasteiger partial charge on any atom is 0.245 e. The number of nitrogens with zero attached hydrogens (tertiary/aromatic N) is 5. The Hall–Kier alpha value is -2.00. The smallest absolute Gasteiger partial charge is 0.245 e. The SMILES string of the molecule is CCN1CC(CN(C)S(=O)(=O)c2cccc3nn(C)nc23)CC1=O. The topological polar surface area (TPSA) is 88.4 Å². The third-order valence-corrected chi connectivity index (χ3v) is 6.21. The number of carbonyl (C=O) groups excluding carboxylic acids is 1. The van der Waals surface area contributed by atoms with Crippen LogP contribution in [0.5, 0.6) is 0 Å². The third kappa shape index (κ3) is 2.89. The highest BCUT2D eigenvalue weighted by Gasteiger charge is 2.33. The molecule has 0 bridgehead atoms. The maximum absolute atomic E-state index is 12.9. The van der Waals surface area contributed by atoms with Crippen molar-refractivity contribution < 1.29 is 13.2 Å². The van der Waals surface area contributed by atoms with E-state index in [0.29, 0.717) is 37.1 Å². The molecule has 0 saturated carbocycles. The van der Waals surface area contributed by atoms with E-state index in [9.17, 15) is 13.2 Å². The summed E-state index contributed by atoms with van der Waals surface area (Å²) in [6, 6.07) is 4.94. The number of aromatic nitrogens is 3. The molecule has 2 heterocycles. The second-order valence-corrected chi connectivity index (χ2v) is 8.11. The van der Waals surface area contributed by atoms with Crippen molar-refractivity contribution in [2.75, 3.05) is 26.7 Å². The lowest BCUT2D eigenvalue weighted by atomic mass is 10.1. The molecule has 24 heavy (non-hydrogen) atoms. The van der Waals surface area contributed by atoms with E-state index < -0.39 is 10.0 Å². The van der Waals surface area contributed by atoms with Crippen LogP contribution in [0.2, 0.25) is 0 Å². The zero-order chi connectivity index (χ0) is 17.5. The number of aryl methyl sites for hydroxylation is 1. The molecule has 1 saturated heterocycles. The van der Waals surface area contributed by atoms with E-state index in [1.54, 1.807) is 37.2 Å². The van der Waals surface area contributed by atoms with Crippen LogP contribution in [0.3, 0.4) is 0 Å². The number of likely N-dealkylation sites (tertiary alicyclic amines) is 1. The van der Waals surface area contributed by atoms with Crippen molar-refractivity contribution in [2.24, 2.45) is 13.0 Å². The molecule has 0 spiro atoms. The average molecular weight is 351 g/mol. The Labute approximate surface area is 141 Å². The number of sulfonamides is 1. The van der Waals surface area contributed by atoms with Gasteiger partial charge in [-0.1, -0.05) is 6.07 Å². The summed E-state index contributed by atoms with van der Waals surface area (Å²) in [6.07, 6.45) is 0.392. The van der Waals surface area contributed by atoms with Gasteiger partial charge < -0.3 is 4.90 Å². The van der Waals surface area contributed by atoms with E-state index >= 15 is 0 Å². The van der Waals surface area contributed by atoms with Crippen LogP contribution in [-0.4, -0.2) is 65.2 Å². The number of hydrogen-bond donors (Lipinski definition) is 0. The summed E-state index contributed by atoms with van der Waals surface area (Å²) in [5.41, 5.74) is 0.907. The van der Waals surface area contributed by atoms with Gasteiger partial charge in [0.1, 0.15) is 15.9 Å². The minimum Gasteiger partial charge on any atom is -0.343 e. The van der Waals surface area contributed by atoms with Gasteiger partial charge in [0, 0.05) is 40.2 Å². The number of carbonyl (C=O) groups is 1. The molecule has 1 aromatic carbocycles. The molecule has 8 nitrogen and oxygen atoms in total. The van der Waals surface area contributed by atoms with Crippen LogP contribution >= 0.6 is 0 Å². The second-order valence-electron chi connectivity index (χ2n) is 6.10. The number of fused-ring (bicyclic) bond motifs is 1. The van der Waals surface area contributed by atoms with Gasteiger partial charge >= 0.3 is 0 Å². The number of benzene rings is 1. The molecule has 1 aromatic heterocycles. The van der Waals surface area contributed by atoms with Crippen molar-refractivity contribution in [3.63, 3.8) is 0 Å². The Morgan fingerprint density at radius 3 is 2.75 bits per heavy atom. The van der Waals surface area contributed by atoms with Gasteiger partial charge in [0.05, 0.1) is 0 Å². The summed E-state index contributed by atoms with van der Waals surface area (Å²) in [4.78, 5) is 15.1. The third-order valence-electron chi connectivity index (χ3n) is 4.35. The van der Waals surface area contributed by atoms with Crippen LogP contribution in [0, 0.1) is 5.92 Å². The van der Waals surface area contributed by atoms with Crippen molar-refractivity contribution in [3.8, 4) is 0 Å². The molecular weight excluding hydrogens is 330 g/mol. The minimum atomic E-state index is -3.69. The first-order valence-electron chi connectivity index (χ1n) is 7.87. The average Bonchev–Trinajstić information content (AvgIpc) is 3.07. The second kappa shape index (κ2) is 6.14. The molecule has 0 aliphatic carbocycles. The molecular formula is C15H21N5O3S. The lowest BCUT2D eigenvalue weighted by molar-refractivity contribution is -0.127. The quantitative estimate of drug-likeness (QED) is 0.781. The highest BCUT2D eigenvalue weighted by molar-refractivity contribution is 7.89. The van der Waals surface area contributed by atoms with Gasteiger partial charge in [0.25, 0.3) is 0 Å². The Morgan fingerprint density at radius 1 is 1.33 bits per heavy atom. The summed E-state index contributed by atoms with van der Waals surface area (Å²) >= 11 is 0. The number of hydrogen-bond acceptors (Lipinski definition) is 5. The first-order chi connectivity index (χ1) is 11.3. The highest BCUT2D eigenvalue weighted by atomic mass is 32.2.